The molecular formula is C51H66N9O24P3S3. The van der Waals surface area contributed by atoms with E-state index in [0.717, 1.165) is 18.3 Å². The van der Waals surface area contributed by atoms with Gasteiger partial charge in [0.05, 0.1) is 57.5 Å². The fourth-order valence-corrected chi connectivity index (χ4v) is 14.7. The van der Waals surface area contributed by atoms with Crippen LogP contribution in [0.4, 0.5) is 5.82 Å². The fourth-order valence-electron chi connectivity index (χ4n) is 10.3. The normalized spacial score (nSPS) is 28.0. The van der Waals surface area contributed by atoms with Gasteiger partial charge in [-0.1, -0.05) is 25.1 Å². The minimum atomic E-state index is -4.54. The van der Waals surface area contributed by atoms with Gasteiger partial charge in [-0.05, 0) is 81.7 Å². The maximum Gasteiger partial charge on any atom is 0.351 e. The summed E-state index contributed by atoms with van der Waals surface area (Å²) in [4.78, 5) is 148. The van der Waals surface area contributed by atoms with Crippen LogP contribution in [0.25, 0.3) is 0 Å². The van der Waals surface area contributed by atoms with Crippen molar-refractivity contribution < 1.29 is 80.1 Å². The van der Waals surface area contributed by atoms with Crippen LogP contribution in [0.15, 0.2) is 88.7 Å². The van der Waals surface area contributed by atoms with Gasteiger partial charge in [-0.2, -0.15) is 4.98 Å². The zero-order valence-electron chi connectivity index (χ0n) is 48.8. The molecule has 4 fully saturated rings. The van der Waals surface area contributed by atoms with Crippen LogP contribution >= 0.6 is 20.2 Å². The number of carbonyl (C=O) groups is 1. The number of aliphatic hydroxyl groups excluding tert-OH is 1. The van der Waals surface area contributed by atoms with Crippen molar-refractivity contribution in [2.45, 2.75) is 140 Å². The van der Waals surface area contributed by atoms with E-state index in [1.807, 2.05) is 0 Å². The number of H-pyrrole nitrogens is 3. The van der Waals surface area contributed by atoms with Crippen LogP contribution in [0.5, 0.6) is 0 Å². The summed E-state index contributed by atoms with van der Waals surface area (Å²) in [6.45, 7) is -7.53. The number of aliphatic hydroxyl groups is 1. The monoisotopic (exact) mass is 1380 g/mol. The van der Waals surface area contributed by atoms with Gasteiger partial charge in [-0.3, -0.25) is 56.9 Å². The van der Waals surface area contributed by atoms with Gasteiger partial charge >= 0.3 is 42.9 Å². The summed E-state index contributed by atoms with van der Waals surface area (Å²) in [5.74, 6) is -0.483. The zero-order valence-corrected chi connectivity index (χ0v) is 54.0. The van der Waals surface area contributed by atoms with Crippen LogP contribution < -0.4 is 44.8 Å². The van der Waals surface area contributed by atoms with E-state index in [-0.39, 0.29) is 61.4 Å². The molecule has 0 saturated carbocycles. The molecule has 9 rings (SSSR count). The lowest BCUT2D eigenvalue weighted by atomic mass is 10.1. The first-order valence-corrected chi connectivity index (χ1v) is 35.6. The fraction of sp³-hybridized carbons (Fsp3) is 0.549. The summed E-state index contributed by atoms with van der Waals surface area (Å²) in [6, 6.07) is 8.28. The van der Waals surface area contributed by atoms with Gasteiger partial charge in [0.1, 0.15) is 55.0 Å². The number of methoxy groups -OCH3 is 1. The van der Waals surface area contributed by atoms with Crippen molar-refractivity contribution in [2.24, 2.45) is 0 Å². The van der Waals surface area contributed by atoms with E-state index in [1.54, 1.807) is 44.2 Å². The first-order chi connectivity index (χ1) is 42.5. The zero-order chi connectivity index (χ0) is 65.1. The molecule has 8 N–H and O–H groups in total. The molecule has 4 aromatic heterocycles. The highest BCUT2D eigenvalue weighted by molar-refractivity contribution is 8.07. The molecule has 0 radical (unpaired) electrons. The topological polar surface area (TPSA) is 420 Å². The number of aromatic amines is 3. The number of hydrogen-bond donors (Lipinski definition) is 8. The van der Waals surface area contributed by atoms with Crippen LogP contribution in [-0.2, 0) is 91.0 Å². The standard InChI is InChI=1S/C51H66N9O24P3S3/c1-7-31-40(41(74-14-13-73-6)47(81-31)60-21-28(5)45(64)56-51(60)69)84-87(72,90)77-24-36-33(17-39(80-36)59-20-27(4)44(63)55-50(59)68)83-86(71,89)76-23-35-32(16-38(79-35)58-19-26(3)43(62)54-49(58)67)82-85(70,88)75-22-34-30(61)15-37(78-34)57-18-25(2)42(53-48(57)66)52-46(65)29-11-9-8-10-12-29/h8-12,18-21,30-41,47,61H,7,13-17,22-24H2,1-6H3,(H,70,88)(H,71,89)(H,72,90)(H,54,62,67)(H,55,63,68)(H,56,64,69)(H,52,53,65,66)/t30-,31-,32-,33-,34-,35-,36-,37-,38-,39-,40+,41?,47-,85?,86?,87?/m1/s1. The number of aryl methyl sites for hydroxylation is 4. The summed E-state index contributed by atoms with van der Waals surface area (Å²) in [6.07, 6.45) is -11.1. The van der Waals surface area contributed by atoms with Crippen LogP contribution in [0.3, 0.4) is 0 Å². The van der Waals surface area contributed by atoms with Crippen LogP contribution in [0.2, 0.25) is 0 Å². The van der Waals surface area contributed by atoms with Gasteiger partial charge < -0.3 is 76.1 Å². The number of ether oxygens (including phenoxy) is 6. The number of benzene rings is 1. The quantitative estimate of drug-likeness (QED) is 0.0280. The van der Waals surface area contributed by atoms with E-state index >= 15 is 0 Å². The summed E-state index contributed by atoms with van der Waals surface area (Å²) in [5, 5.41) is 13.7. The van der Waals surface area contributed by atoms with Crippen molar-refractivity contribution in [1.82, 2.24) is 38.2 Å². The van der Waals surface area contributed by atoms with E-state index in [1.165, 1.54) is 52.7 Å². The second kappa shape index (κ2) is 29.1. The van der Waals surface area contributed by atoms with E-state index in [2.05, 4.69) is 25.3 Å². The number of anilines is 1. The van der Waals surface area contributed by atoms with Crippen molar-refractivity contribution in [3.63, 3.8) is 0 Å². The molecule has 4 aliphatic rings. The van der Waals surface area contributed by atoms with E-state index in [4.69, 9.17) is 91.0 Å². The number of nitrogens with one attached hydrogen (secondary N) is 4. The Balaban J connectivity index is 0.890. The average molecular weight is 1380 g/mol. The second-order valence-electron chi connectivity index (χ2n) is 21.3. The molecule has 8 heterocycles. The Morgan fingerprint density at radius 2 is 1.07 bits per heavy atom. The van der Waals surface area contributed by atoms with Crippen LogP contribution in [0.1, 0.15) is 90.1 Å². The number of hydrogen-bond acceptors (Lipinski definition) is 25. The minimum Gasteiger partial charge on any atom is -0.390 e. The van der Waals surface area contributed by atoms with Crippen molar-refractivity contribution in [1.29, 1.82) is 0 Å². The van der Waals surface area contributed by atoms with Crippen LogP contribution in [-0.4, -0.2) is 159 Å². The number of amides is 1. The van der Waals surface area contributed by atoms with Crippen molar-refractivity contribution in [3.05, 3.63) is 156 Å². The molecule has 5 aromatic rings. The minimum absolute atomic E-state index is 0.0103. The Morgan fingerprint density at radius 3 is 1.58 bits per heavy atom. The summed E-state index contributed by atoms with van der Waals surface area (Å²) < 4.78 is 75.8. The smallest absolute Gasteiger partial charge is 0.351 e. The van der Waals surface area contributed by atoms with Gasteiger partial charge in [-0.25, -0.2) is 19.2 Å². The van der Waals surface area contributed by atoms with E-state index in [0.29, 0.717) is 11.1 Å². The predicted octanol–water partition coefficient (Wildman–Crippen LogP) is 0.798. The van der Waals surface area contributed by atoms with Gasteiger partial charge in [0.2, 0.25) is 0 Å². The molecule has 4 unspecified atom stereocenters. The van der Waals surface area contributed by atoms with E-state index < -0.39 is 165 Å². The van der Waals surface area contributed by atoms with Gasteiger partial charge in [0.15, 0.2) is 6.23 Å². The predicted molar refractivity (Wildman–Crippen MR) is 325 cm³/mol. The van der Waals surface area contributed by atoms with Gasteiger partial charge in [0, 0.05) is 79.0 Å². The highest BCUT2D eigenvalue weighted by Gasteiger charge is 2.51. The van der Waals surface area contributed by atoms with Crippen molar-refractivity contribution >= 4 is 67.3 Å². The summed E-state index contributed by atoms with van der Waals surface area (Å²) in [5.41, 5.74) is -4.21. The molecule has 39 heteroatoms. The number of aromatic nitrogens is 8. The second-order valence-corrected chi connectivity index (χ2v) is 29.7. The molecule has 492 valence electrons. The SMILES string of the molecule is CC[C@H]1O[C@@H](n2cc(C)c(=O)[nH]c2=O)C(OCCOC)[C@H]1OP(O)(=S)OC[C@H]1O[C@@H](n2cc(C)c(=O)[nH]c2=O)C[C@H]1OP(O)(=S)OC[C@H]1O[C@@H](n2cc(C)c(=O)[nH]c2=O)C[C@H]1OP(O)(=S)OC[C@H]1O[C@@H](n2cc(C)c(NC(=O)c3ccccc3)nc2=O)C[C@H]1O. The highest BCUT2D eigenvalue weighted by Crippen LogP contribution is 2.54. The molecule has 90 heavy (non-hydrogen) atoms. The van der Waals surface area contributed by atoms with Crippen molar-refractivity contribution in [3.8, 4) is 0 Å². The third kappa shape index (κ3) is 16.6. The molecule has 1 amide bonds. The third-order valence-corrected chi connectivity index (χ3v) is 19.6. The number of carbonyl (C=O) groups excluding carboxylic acids is 1. The molecule has 33 nitrogen and oxygen atoms in total. The lowest BCUT2D eigenvalue weighted by Gasteiger charge is -2.29. The Kier molecular flexibility index (Phi) is 22.4. The number of nitrogens with zero attached hydrogens (tertiary/aromatic N) is 5. The maximum atomic E-state index is 13.3. The maximum absolute atomic E-state index is 13.3. The number of rotatable bonds is 26. The Labute approximate surface area is 524 Å². The van der Waals surface area contributed by atoms with Crippen LogP contribution in [0, 0.1) is 27.7 Å². The summed E-state index contributed by atoms with van der Waals surface area (Å²) >= 11 is 16.5. The Hall–Kier alpha value is -5.08. The Morgan fingerprint density at radius 1 is 0.611 bits per heavy atom. The molecule has 0 spiro atoms. The average Bonchev–Trinajstić information content (AvgIpc) is 1.73. The van der Waals surface area contributed by atoms with Gasteiger partial charge in [-0.15, -0.1) is 0 Å². The molecule has 1 aromatic carbocycles. The first kappa shape index (κ1) is 69.3. The van der Waals surface area contributed by atoms with E-state index in [9.17, 15) is 58.1 Å². The first-order valence-electron chi connectivity index (χ1n) is 27.8. The molecular weight excluding hydrogens is 1310 g/mol. The molecule has 4 saturated heterocycles. The summed E-state index contributed by atoms with van der Waals surface area (Å²) in [7, 11) is 1.44. The molecule has 4 aliphatic heterocycles. The third-order valence-electron chi connectivity index (χ3n) is 14.9. The Bertz CT molecular complexity index is 4040. The highest BCUT2D eigenvalue weighted by atomic mass is 32.5. The van der Waals surface area contributed by atoms with Gasteiger partial charge in [0.25, 0.3) is 22.6 Å². The lowest BCUT2D eigenvalue weighted by Crippen LogP contribution is -2.41. The largest absolute Gasteiger partial charge is 0.390 e. The molecule has 16 atom stereocenters. The molecule has 0 aliphatic carbocycles. The van der Waals surface area contributed by atoms with Crippen molar-refractivity contribution in [2.75, 3.05) is 45.5 Å². The lowest BCUT2D eigenvalue weighted by molar-refractivity contribution is -0.0796. The molecule has 0 bridgehead atoms.